The van der Waals surface area contributed by atoms with Crippen molar-refractivity contribution < 1.29 is 41.0 Å². The average molecular weight is 344 g/mol. The molecule has 0 aromatic carbocycles. The van der Waals surface area contributed by atoms with E-state index in [1.165, 1.54) is 6.92 Å². The van der Waals surface area contributed by atoms with Crippen LogP contribution in [0.3, 0.4) is 0 Å². The molecule has 132 valence electrons. The molecule has 0 N–H and O–H groups in total. The van der Waals surface area contributed by atoms with Crippen LogP contribution in [0.4, 0.5) is 22.0 Å². The van der Waals surface area contributed by atoms with Gasteiger partial charge in [0, 0.05) is 5.57 Å². The van der Waals surface area contributed by atoms with Gasteiger partial charge in [0.1, 0.15) is 6.10 Å². The van der Waals surface area contributed by atoms with Crippen LogP contribution < -0.4 is 0 Å². The van der Waals surface area contributed by atoms with Crippen LogP contribution in [0, 0.1) is 5.92 Å². The second-order valence-electron chi connectivity index (χ2n) is 5.39. The van der Waals surface area contributed by atoms with E-state index in [9.17, 15) is 31.5 Å². The molecule has 0 aromatic rings. The standard InChI is InChI=1S/C14H17F5O4/c1-7(2)12(20)22-9-5-3-8(4-6-9)13(21)23-10(11(15)16)14(17,18)19/h8-11H,1,3-6H2,2H3. The Kier molecular flexibility index (Phi) is 6.52. The molecule has 0 radical (unpaired) electrons. The lowest BCUT2D eigenvalue weighted by atomic mass is 9.87. The second-order valence-corrected chi connectivity index (χ2v) is 5.39. The highest BCUT2D eigenvalue weighted by molar-refractivity contribution is 5.87. The van der Waals surface area contributed by atoms with Gasteiger partial charge in [0.25, 0.3) is 12.5 Å². The molecule has 1 saturated carbocycles. The summed E-state index contributed by atoms with van der Waals surface area (Å²) in [5.74, 6) is -2.82. The summed E-state index contributed by atoms with van der Waals surface area (Å²) in [6, 6.07) is 0. The monoisotopic (exact) mass is 344 g/mol. The Balaban J connectivity index is 2.52. The number of esters is 2. The van der Waals surface area contributed by atoms with E-state index in [-0.39, 0.29) is 31.3 Å². The molecular formula is C14H17F5O4. The topological polar surface area (TPSA) is 52.6 Å². The molecule has 0 aliphatic heterocycles. The van der Waals surface area contributed by atoms with Crippen molar-refractivity contribution in [1.29, 1.82) is 0 Å². The van der Waals surface area contributed by atoms with Crippen molar-refractivity contribution in [3.8, 4) is 0 Å². The first-order valence-corrected chi connectivity index (χ1v) is 6.94. The lowest BCUT2D eigenvalue weighted by Crippen LogP contribution is -2.41. The van der Waals surface area contributed by atoms with E-state index in [0.717, 1.165) is 0 Å². The fourth-order valence-electron chi connectivity index (χ4n) is 2.15. The minimum atomic E-state index is -5.32. The Morgan fingerprint density at radius 1 is 1.13 bits per heavy atom. The van der Waals surface area contributed by atoms with E-state index in [1.807, 2.05) is 0 Å². The molecule has 0 spiro atoms. The van der Waals surface area contributed by atoms with Gasteiger partial charge in [0.2, 0.25) is 0 Å². The van der Waals surface area contributed by atoms with Gasteiger partial charge in [0.15, 0.2) is 0 Å². The van der Waals surface area contributed by atoms with Crippen LogP contribution in [0.2, 0.25) is 0 Å². The fourth-order valence-corrected chi connectivity index (χ4v) is 2.15. The van der Waals surface area contributed by atoms with Crippen LogP contribution in [0.1, 0.15) is 32.6 Å². The predicted octanol–water partition coefficient (Wildman–Crippen LogP) is 3.40. The first-order chi connectivity index (χ1) is 10.5. The van der Waals surface area contributed by atoms with E-state index in [0.29, 0.717) is 0 Å². The maximum Gasteiger partial charge on any atom is 0.431 e. The highest BCUT2D eigenvalue weighted by Gasteiger charge is 2.50. The van der Waals surface area contributed by atoms with E-state index in [2.05, 4.69) is 11.3 Å². The SMILES string of the molecule is C=C(C)C(=O)OC1CCC(C(=O)OC(C(F)F)C(F)(F)F)CC1. The van der Waals surface area contributed by atoms with Gasteiger partial charge >= 0.3 is 18.1 Å². The number of rotatable bonds is 5. The predicted molar refractivity (Wildman–Crippen MR) is 68.6 cm³/mol. The smallest absolute Gasteiger partial charge is 0.431 e. The van der Waals surface area contributed by atoms with Crippen LogP contribution >= 0.6 is 0 Å². The Bertz CT molecular complexity index is 453. The molecular weight excluding hydrogens is 327 g/mol. The Morgan fingerprint density at radius 3 is 2.04 bits per heavy atom. The Labute approximate surface area is 129 Å². The van der Waals surface area contributed by atoms with E-state index in [4.69, 9.17) is 4.74 Å². The zero-order valence-electron chi connectivity index (χ0n) is 12.4. The maximum atomic E-state index is 12.4. The van der Waals surface area contributed by atoms with Crippen LogP contribution in [0.5, 0.6) is 0 Å². The van der Waals surface area contributed by atoms with Gasteiger partial charge in [-0.25, -0.2) is 13.6 Å². The minimum absolute atomic E-state index is 0.0980. The summed E-state index contributed by atoms with van der Waals surface area (Å²) < 4.78 is 70.7. The lowest BCUT2D eigenvalue weighted by Gasteiger charge is -2.28. The molecule has 0 saturated heterocycles. The molecule has 9 heteroatoms. The Hall–Kier alpha value is -1.67. The molecule has 0 bridgehead atoms. The molecule has 0 amide bonds. The van der Waals surface area contributed by atoms with Crippen molar-refractivity contribution in [3.63, 3.8) is 0 Å². The molecule has 1 rings (SSSR count). The highest BCUT2D eigenvalue weighted by atomic mass is 19.4. The Morgan fingerprint density at radius 2 is 1.65 bits per heavy atom. The summed E-state index contributed by atoms with van der Waals surface area (Å²) in [6.45, 7) is 4.87. The summed E-state index contributed by atoms with van der Waals surface area (Å²) in [4.78, 5) is 23.0. The van der Waals surface area contributed by atoms with Crippen molar-refractivity contribution in [2.24, 2.45) is 5.92 Å². The molecule has 1 unspecified atom stereocenters. The zero-order chi connectivity index (χ0) is 17.8. The quantitative estimate of drug-likeness (QED) is 0.436. The van der Waals surface area contributed by atoms with Gasteiger partial charge in [-0.1, -0.05) is 6.58 Å². The van der Waals surface area contributed by atoms with Gasteiger partial charge in [0.05, 0.1) is 5.92 Å². The lowest BCUT2D eigenvalue weighted by molar-refractivity contribution is -0.251. The van der Waals surface area contributed by atoms with Crippen molar-refractivity contribution in [2.75, 3.05) is 0 Å². The fraction of sp³-hybridized carbons (Fsp3) is 0.714. The third-order valence-electron chi connectivity index (χ3n) is 3.42. The van der Waals surface area contributed by atoms with Crippen LogP contribution in [0.25, 0.3) is 0 Å². The van der Waals surface area contributed by atoms with E-state index < -0.39 is 42.7 Å². The molecule has 1 aliphatic carbocycles. The highest BCUT2D eigenvalue weighted by Crippen LogP contribution is 2.32. The van der Waals surface area contributed by atoms with E-state index in [1.54, 1.807) is 0 Å². The van der Waals surface area contributed by atoms with Gasteiger partial charge in [-0.15, -0.1) is 0 Å². The number of halogens is 5. The molecule has 1 aliphatic rings. The summed E-state index contributed by atoms with van der Waals surface area (Å²) >= 11 is 0. The zero-order valence-corrected chi connectivity index (χ0v) is 12.4. The second kappa shape index (κ2) is 7.74. The van der Waals surface area contributed by atoms with Crippen molar-refractivity contribution >= 4 is 11.9 Å². The molecule has 0 heterocycles. The molecule has 1 atom stereocenters. The minimum Gasteiger partial charge on any atom is -0.459 e. The number of hydrogen-bond donors (Lipinski definition) is 0. The summed E-state index contributed by atoms with van der Waals surface area (Å²) in [6.07, 6.45) is -12.4. The number of alkyl halides is 5. The van der Waals surface area contributed by atoms with Gasteiger partial charge in [-0.05, 0) is 32.6 Å². The number of ether oxygens (including phenoxy) is 2. The number of hydrogen-bond acceptors (Lipinski definition) is 4. The van der Waals surface area contributed by atoms with Crippen molar-refractivity contribution in [1.82, 2.24) is 0 Å². The van der Waals surface area contributed by atoms with E-state index >= 15 is 0 Å². The number of carbonyl (C=O) groups is 2. The summed E-state index contributed by atoms with van der Waals surface area (Å²) in [5.41, 5.74) is 0.205. The molecule has 23 heavy (non-hydrogen) atoms. The van der Waals surface area contributed by atoms with Gasteiger partial charge < -0.3 is 9.47 Å². The first kappa shape index (κ1) is 19.4. The average Bonchev–Trinajstić information content (AvgIpc) is 2.43. The van der Waals surface area contributed by atoms with Crippen LogP contribution in [-0.2, 0) is 19.1 Å². The number of carbonyl (C=O) groups excluding carboxylic acids is 2. The van der Waals surface area contributed by atoms with Crippen LogP contribution in [0.15, 0.2) is 12.2 Å². The normalized spacial score (nSPS) is 23.3. The third kappa shape index (κ3) is 5.80. The molecule has 0 aromatic heterocycles. The maximum absolute atomic E-state index is 12.4. The van der Waals surface area contributed by atoms with Crippen molar-refractivity contribution in [2.45, 2.75) is 57.4 Å². The van der Waals surface area contributed by atoms with Crippen LogP contribution in [-0.4, -0.2) is 36.7 Å². The molecule has 4 nitrogen and oxygen atoms in total. The largest absolute Gasteiger partial charge is 0.459 e. The van der Waals surface area contributed by atoms with Crippen molar-refractivity contribution in [3.05, 3.63) is 12.2 Å². The summed E-state index contributed by atoms with van der Waals surface area (Å²) in [7, 11) is 0. The summed E-state index contributed by atoms with van der Waals surface area (Å²) in [5, 5.41) is 0. The van der Waals surface area contributed by atoms with Gasteiger partial charge in [-0.3, -0.25) is 4.79 Å². The molecule has 1 fully saturated rings. The third-order valence-corrected chi connectivity index (χ3v) is 3.42. The van der Waals surface area contributed by atoms with Gasteiger partial charge in [-0.2, -0.15) is 13.2 Å². The first-order valence-electron chi connectivity index (χ1n) is 6.94.